The van der Waals surface area contributed by atoms with E-state index in [9.17, 15) is 4.79 Å². The molecule has 0 radical (unpaired) electrons. The molecule has 17 heavy (non-hydrogen) atoms. The second-order valence-corrected chi connectivity index (χ2v) is 5.69. The maximum absolute atomic E-state index is 12.1. The first-order valence-electron chi connectivity index (χ1n) is 6.25. The van der Waals surface area contributed by atoms with E-state index in [1.54, 1.807) is 11.8 Å². The van der Waals surface area contributed by atoms with Crippen molar-refractivity contribution >= 4 is 17.5 Å². The lowest BCUT2D eigenvalue weighted by molar-refractivity contribution is 0.102. The van der Waals surface area contributed by atoms with E-state index in [1.165, 1.54) is 24.0 Å². The number of ketones is 1. The van der Waals surface area contributed by atoms with Crippen LogP contribution in [0.2, 0.25) is 0 Å². The Morgan fingerprint density at radius 2 is 1.76 bits per heavy atom. The molecule has 0 aliphatic rings. The summed E-state index contributed by atoms with van der Waals surface area (Å²) in [5.74, 6) is 1.97. The molecule has 0 heterocycles. The van der Waals surface area contributed by atoms with E-state index in [0.717, 1.165) is 16.9 Å². The van der Waals surface area contributed by atoms with Crippen LogP contribution in [-0.4, -0.2) is 17.3 Å². The maximum atomic E-state index is 12.1. The van der Waals surface area contributed by atoms with Gasteiger partial charge in [0.1, 0.15) is 0 Å². The fraction of sp³-hybridized carbons (Fsp3) is 0.533. The molecule has 0 aliphatic carbocycles. The summed E-state index contributed by atoms with van der Waals surface area (Å²) in [5, 5.41) is 0. The summed E-state index contributed by atoms with van der Waals surface area (Å²) in [6.07, 6.45) is 2.40. The van der Waals surface area contributed by atoms with Crippen LogP contribution in [0.4, 0.5) is 0 Å². The molecule has 0 aliphatic heterocycles. The molecule has 0 bridgehead atoms. The summed E-state index contributed by atoms with van der Waals surface area (Å²) < 4.78 is 0. The van der Waals surface area contributed by atoms with Crippen LogP contribution in [0.1, 0.15) is 46.8 Å². The molecule has 1 aromatic rings. The quantitative estimate of drug-likeness (QED) is 0.552. The molecule has 0 amide bonds. The average Bonchev–Trinajstić information content (AvgIpc) is 2.29. The number of unbranched alkanes of at least 4 members (excludes halogenated alkanes) is 1. The topological polar surface area (TPSA) is 17.1 Å². The lowest BCUT2D eigenvalue weighted by Crippen LogP contribution is -2.06. The van der Waals surface area contributed by atoms with Crippen LogP contribution in [0.3, 0.4) is 0 Å². The third-order valence-corrected chi connectivity index (χ3v) is 4.06. The Bertz CT molecular complexity index is 396. The minimum absolute atomic E-state index is 0.270. The molecular weight excluding hydrogens is 228 g/mol. The van der Waals surface area contributed by atoms with Crippen molar-refractivity contribution in [2.24, 2.45) is 0 Å². The van der Waals surface area contributed by atoms with E-state index in [0.29, 0.717) is 5.75 Å². The zero-order valence-electron chi connectivity index (χ0n) is 11.3. The Kier molecular flexibility index (Phi) is 5.76. The maximum Gasteiger partial charge on any atom is 0.172 e. The second kappa shape index (κ2) is 6.85. The number of rotatable bonds is 6. The molecule has 0 saturated heterocycles. The van der Waals surface area contributed by atoms with Gasteiger partial charge in [-0.2, -0.15) is 11.8 Å². The van der Waals surface area contributed by atoms with Gasteiger partial charge >= 0.3 is 0 Å². The van der Waals surface area contributed by atoms with Gasteiger partial charge in [-0.05, 0) is 55.7 Å². The standard InChI is InChI=1S/C15H22OS/c1-5-6-7-17-10-15(16)14-9-12(3)11(2)8-13(14)4/h8-9H,5-7,10H2,1-4H3. The lowest BCUT2D eigenvalue weighted by Gasteiger charge is -2.08. The van der Waals surface area contributed by atoms with Crippen molar-refractivity contribution in [3.63, 3.8) is 0 Å². The Morgan fingerprint density at radius 1 is 1.12 bits per heavy atom. The molecule has 0 aromatic heterocycles. The molecule has 1 aromatic carbocycles. The van der Waals surface area contributed by atoms with Gasteiger partial charge in [-0.1, -0.05) is 19.4 Å². The first-order valence-corrected chi connectivity index (χ1v) is 7.40. The van der Waals surface area contributed by atoms with Gasteiger partial charge in [-0.25, -0.2) is 0 Å². The summed E-state index contributed by atoms with van der Waals surface area (Å²) in [6.45, 7) is 8.36. The van der Waals surface area contributed by atoms with Gasteiger partial charge in [-0.15, -0.1) is 0 Å². The zero-order chi connectivity index (χ0) is 12.8. The summed E-state index contributed by atoms with van der Waals surface area (Å²) >= 11 is 1.75. The predicted molar refractivity (Wildman–Crippen MR) is 77.2 cm³/mol. The summed E-state index contributed by atoms with van der Waals surface area (Å²) in [5.41, 5.74) is 4.47. The third-order valence-electron chi connectivity index (χ3n) is 3.02. The number of benzene rings is 1. The molecule has 0 saturated carbocycles. The fourth-order valence-corrected chi connectivity index (χ4v) is 2.73. The molecule has 0 unspecified atom stereocenters. The van der Waals surface area contributed by atoms with Crippen molar-refractivity contribution in [2.75, 3.05) is 11.5 Å². The molecule has 1 rings (SSSR count). The number of hydrogen-bond donors (Lipinski definition) is 0. The molecule has 0 atom stereocenters. The molecule has 94 valence electrons. The average molecular weight is 250 g/mol. The normalized spacial score (nSPS) is 10.6. The van der Waals surface area contributed by atoms with Gasteiger partial charge in [0.25, 0.3) is 0 Å². The monoisotopic (exact) mass is 250 g/mol. The van der Waals surface area contributed by atoms with Gasteiger partial charge in [0, 0.05) is 5.56 Å². The first kappa shape index (κ1) is 14.3. The molecular formula is C15H22OS. The van der Waals surface area contributed by atoms with Crippen LogP contribution in [-0.2, 0) is 0 Å². The molecule has 0 fully saturated rings. The highest BCUT2D eigenvalue weighted by Crippen LogP contribution is 2.18. The molecule has 2 heteroatoms. The number of carbonyl (C=O) groups is 1. The van der Waals surface area contributed by atoms with Gasteiger partial charge < -0.3 is 0 Å². The number of thioether (sulfide) groups is 1. The van der Waals surface area contributed by atoms with Crippen molar-refractivity contribution in [2.45, 2.75) is 40.5 Å². The number of aryl methyl sites for hydroxylation is 3. The smallest absolute Gasteiger partial charge is 0.172 e. The van der Waals surface area contributed by atoms with Gasteiger partial charge in [0.15, 0.2) is 5.78 Å². The van der Waals surface area contributed by atoms with E-state index in [2.05, 4.69) is 26.8 Å². The fourth-order valence-electron chi connectivity index (χ4n) is 1.75. The SMILES string of the molecule is CCCCSCC(=O)c1cc(C)c(C)cc1C. The van der Waals surface area contributed by atoms with Crippen LogP contribution in [0, 0.1) is 20.8 Å². The van der Waals surface area contributed by atoms with E-state index < -0.39 is 0 Å². The highest BCUT2D eigenvalue weighted by atomic mass is 32.2. The highest BCUT2D eigenvalue weighted by Gasteiger charge is 2.10. The van der Waals surface area contributed by atoms with Crippen molar-refractivity contribution in [3.05, 3.63) is 34.4 Å². The van der Waals surface area contributed by atoms with Gasteiger partial charge in [0.2, 0.25) is 0 Å². The Hall–Kier alpha value is -0.760. The van der Waals surface area contributed by atoms with Gasteiger partial charge in [0.05, 0.1) is 5.75 Å². The molecule has 0 N–H and O–H groups in total. The Morgan fingerprint density at radius 3 is 2.41 bits per heavy atom. The van der Waals surface area contributed by atoms with Gasteiger partial charge in [-0.3, -0.25) is 4.79 Å². The van der Waals surface area contributed by atoms with E-state index >= 15 is 0 Å². The van der Waals surface area contributed by atoms with Crippen molar-refractivity contribution in [3.8, 4) is 0 Å². The van der Waals surface area contributed by atoms with Crippen molar-refractivity contribution in [1.29, 1.82) is 0 Å². The van der Waals surface area contributed by atoms with Crippen LogP contribution in [0.5, 0.6) is 0 Å². The molecule has 0 spiro atoms. The van der Waals surface area contributed by atoms with E-state index in [-0.39, 0.29) is 5.78 Å². The number of Topliss-reactive ketones (excluding diaryl/α,β-unsaturated/α-hetero) is 1. The first-order chi connectivity index (χ1) is 8.06. The largest absolute Gasteiger partial charge is 0.293 e. The van der Waals surface area contributed by atoms with E-state index in [4.69, 9.17) is 0 Å². The van der Waals surface area contributed by atoms with Crippen LogP contribution < -0.4 is 0 Å². The minimum atomic E-state index is 0.270. The van der Waals surface area contributed by atoms with Crippen molar-refractivity contribution < 1.29 is 4.79 Å². The predicted octanol–water partition coefficient (Wildman–Crippen LogP) is 4.33. The number of hydrogen-bond acceptors (Lipinski definition) is 2. The summed E-state index contributed by atoms with van der Waals surface area (Å²) in [7, 11) is 0. The second-order valence-electron chi connectivity index (χ2n) is 4.58. The minimum Gasteiger partial charge on any atom is -0.293 e. The lowest BCUT2D eigenvalue weighted by atomic mass is 9.99. The summed E-state index contributed by atoms with van der Waals surface area (Å²) in [6, 6.07) is 4.15. The summed E-state index contributed by atoms with van der Waals surface area (Å²) in [4.78, 5) is 12.1. The Balaban J connectivity index is 2.66. The molecule has 1 nitrogen and oxygen atoms in total. The number of carbonyl (C=O) groups excluding carboxylic acids is 1. The van der Waals surface area contributed by atoms with Crippen LogP contribution in [0.15, 0.2) is 12.1 Å². The highest BCUT2D eigenvalue weighted by molar-refractivity contribution is 7.99. The van der Waals surface area contributed by atoms with Crippen molar-refractivity contribution in [1.82, 2.24) is 0 Å². The third kappa shape index (κ3) is 4.19. The van der Waals surface area contributed by atoms with E-state index in [1.807, 2.05) is 13.0 Å². The zero-order valence-corrected chi connectivity index (χ0v) is 12.1. The van der Waals surface area contributed by atoms with Crippen LogP contribution in [0.25, 0.3) is 0 Å². The Labute approximate surface area is 109 Å². The van der Waals surface area contributed by atoms with Crippen LogP contribution >= 0.6 is 11.8 Å².